The third-order valence-corrected chi connectivity index (χ3v) is 1.97. The van der Waals surface area contributed by atoms with Gasteiger partial charge in [0.2, 0.25) is 0 Å². The molecule has 0 aromatic carbocycles. The van der Waals surface area contributed by atoms with E-state index in [4.69, 9.17) is 0 Å². The Morgan fingerprint density at radius 2 is 1.67 bits per heavy atom. The van der Waals surface area contributed by atoms with Crippen LogP contribution in [0.4, 0.5) is 13.2 Å². The monoisotopic (exact) mass is 268 g/mol. The maximum Gasteiger partial charge on any atom is 0.431 e. The van der Waals surface area contributed by atoms with E-state index in [1.165, 1.54) is 11.4 Å². The van der Waals surface area contributed by atoms with E-state index in [-0.39, 0.29) is 0 Å². The molecule has 0 fully saturated rings. The Morgan fingerprint density at radius 3 is 1.94 bits per heavy atom. The Balaban J connectivity index is 0. The van der Waals surface area contributed by atoms with E-state index in [1.807, 2.05) is 20.8 Å². The van der Waals surface area contributed by atoms with Crippen molar-refractivity contribution in [2.45, 2.75) is 60.6 Å². The van der Waals surface area contributed by atoms with Crippen molar-refractivity contribution in [1.29, 1.82) is 0 Å². The molecule has 0 N–H and O–H groups in total. The van der Waals surface area contributed by atoms with Crippen molar-refractivity contribution in [3.63, 3.8) is 0 Å². The Hall–Kier alpha value is -0.740. The smallest absolute Gasteiger partial charge is 0.296 e. The van der Waals surface area contributed by atoms with E-state index in [0.29, 0.717) is 13.1 Å². The summed E-state index contributed by atoms with van der Waals surface area (Å²) in [6, 6.07) is 0. The number of hydrogen-bond acceptors (Lipinski definition) is 2. The van der Waals surface area contributed by atoms with Crippen LogP contribution >= 0.6 is 0 Å². The van der Waals surface area contributed by atoms with E-state index in [1.54, 1.807) is 6.92 Å². The molecule has 2 nitrogen and oxygen atoms in total. The third-order valence-electron chi connectivity index (χ3n) is 1.97. The van der Waals surface area contributed by atoms with Gasteiger partial charge in [-0.15, -0.1) is 0 Å². The van der Waals surface area contributed by atoms with E-state index >= 15 is 0 Å². The van der Waals surface area contributed by atoms with Gasteiger partial charge in [0.15, 0.2) is 0 Å². The summed E-state index contributed by atoms with van der Waals surface area (Å²) < 4.78 is 36.8. The summed E-state index contributed by atoms with van der Waals surface area (Å²) in [6.45, 7) is 12.7. The van der Waals surface area contributed by atoms with E-state index in [9.17, 15) is 13.2 Å². The average molecular weight is 268 g/mol. The van der Waals surface area contributed by atoms with E-state index in [2.05, 4.69) is 18.9 Å². The first-order chi connectivity index (χ1) is 8.36. The largest absolute Gasteiger partial charge is 0.431 e. The second kappa shape index (κ2) is 10.2. The zero-order valence-electron chi connectivity index (χ0n) is 12.4. The zero-order chi connectivity index (χ0) is 14.8. The second-order valence-corrected chi connectivity index (χ2v) is 4.00. The van der Waals surface area contributed by atoms with Crippen LogP contribution in [0.15, 0.2) is 5.10 Å². The molecule has 0 aliphatic carbocycles. The number of halogens is 3. The summed E-state index contributed by atoms with van der Waals surface area (Å²) in [4.78, 5) is 0. The summed E-state index contributed by atoms with van der Waals surface area (Å²) in [5.41, 5.74) is -0.638. The lowest BCUT2D eigenvalue weighted by molar-refractivity contribution is -0.0617. The lowest BCUT2D eigenvalue weighted by Crippen LogP contribution is -2.27. The highest BCUT2D eigenvalue weighted by Crippen LogP contribution is 2.27. The Kier molecular flexibility index (Phi) is 11.1. The molecule has 0 spiro atoms. The van der Waals surface area contributed by atoms with Crippen LogP contribution in [0.2, 0.25) is 0 Å². The molecule has 0 radical (unpaired) electrons. The molecule has 0 saturated heterocycles. The molecule has 0 bridgehead atoms. The van der Waals surface area contributed by atoms with Crippen LogP contribution in [-0.2, 0) is 0 Å². The standard InChI is InChI=1S/C8H13F3N2.C3H8.C2H6/c1-3-4-13-5-6(2)7(12-13)8(9,10)11;1-3-2;1-2/h6H,3-5H2,1-2H3;3H2,1-2H3;1-2H3. The average Bonchev–Trinajstić information content (AvgIpc) is 2.64. The van der Waals surface area contributed by atoms with Gasteiger partial charge in [-0.2, -0.15) is 18.3 Å². The minimum absolute atomic E-state index is 0.392. The summed E-state index contributed by atoms with van der Waals surface area (Å²) in [6.07, 6.45) is -2.19. The highest BCUT2D eigenvalue weighted by atomic mass is 19.4. The predicted molar refractivity (Wildman–Crippen MR) is 71.8 cm³/mol. The van der Waals surface area contributed by atoms with Crippen molar-refractivity contribution < 1.29 is 13.2 Å². The first-order valence-electron chi connectivity index (χ1n) is 6.77. The molecule has 0 amide bonds. The zero-order valence-corrected chi connectivity index (χ0v) is 12.4. The van der Waals surface area contributed by atoms with Gasteiger partial charge in [0, 0.05) is 19.0 Å². The molecule has 110 valence electrons. The fraction of sp³-hybridized carbons (Fsp3) is 0.923. The Bertz CT molecular complexity index is 225. The molecule has 0 aromatic rings. The van der Waals surface area contributed by atoms with Gasteiger partial charge in [-0.3, -0.25) is 5.01 Å². The summed E-state index contributed by atoms with van der Waals surface area (Å²) in [7, 11) is 0. The fourth-order valence-electron chi connectivity index (χ4n) is 1.43. The lowest BCUT2D eigenvalue weighted by atomic mass is 10.1. The van der Waals surface area contributed by atoms with Gasteiger partial charge < -0.3 is 0 Å². The molecular weight excluding hydrogens is 241 g/mol. The van der Waals surface area contributed by atoms with Crippen molar-refractivity contribution in [2.75, 3.05) is 13.1 Å². The summed E-state index contributed by atoms with van der Waals surface area (Å²) in [5.74, 6) is -0.494. The summed E-state index contributed by atoms with van der Waals surface area (Å²) in [5, 5.41) is 5.05. The van der Waals surface area contributed by atoms with Crippen LogP contribution in [0.5, 0.6) is 0 Å². The van der Waals surface area contributed by atoms with Crippen molar-refractivity contribution in [3.05, 3.63) is 0 Å². The second-order valence-electron chi connectivity index (χ2n) is 4.00. The molecule has 1 unspecified atom stereocenters. The van der Waals surface area contributed by atoms with E-state index in [0.717, 1.165) is 6.42 Å². The maximum atomic E-state index is 12.3. The normalized spacial score (nSPS) is 18.4. The highest BCUT2D eigenvalue weighted by molar-refractivity contribution is 5.92. The molecule has 1 heterocycles. The van der Waals surface area contributed by atoms with Crippen LogP contribution in [0.25, 0.3) is 0 Å². The SMILES string of the molecule is CC.CCC.CCCN1CC(C)C(C(F)(F)F)=N1. The Morgan fingerprint density at radius 1 is 1.22 bits per heavy atom. The van der Waals surface area contributed by atoms with Crippen LogP contribution in [-0.4, -0.2) is 30.0 Å². The molecule has 5 heteroatoms. The van der Waals surface area contributed by atoms with Gasteiger partial charge in [0.05, 0.1) is 0 Å². The molecular formula is C13H27F3N2. The first kappa shape index (κ1) is 19.6. The van der Waals surface area contributed by atoms with Gasteiger partial charge in [-0.1, -0.05) is 48.0 Å². The van der Waals surface area contributed by atoms with Crippen molar-refractivity contribution in [2.24, 2.45) is 11.0 Å². The van der Waals surface area contributed by atoms with Crippen LogP contribution in [0.1, 0.15) is 54.4 Å². The van der Waals surface area contributed by atoms with Gasteiger partial charge in [0.1, 0.15) is 5.71 Å². The molecule has 1 aliphatic heterocycles. The third kappa shape index (κ3) is 7.56. The molecule has 18 heavy (non-hydrogen) atoms. The lowest BCUT2D eigenvalue weighted by Gasteiger charge is -2.11. The summed E-state index contributed by atoms with van der Waals surface area (Å²) >= 11 is 0. The van der Waals surface area contributed by atoms with E-state index < -0.39 is 17.8 Å². The molecule has 0 saturated carbocycles. The van der Waals surface area contributed by atoms with Crippen molar-refractivity contribution in [1.82, 2.24) is 5.01 Å². The van der Waals surface area contributed by atoms with Gasteiger partial charge in [-0.25, -0.2) is 0 Å². The highest BCUT2D eigenvalue weighted by Gasteiger charge is 2.42. The number of rotatable bonds is 2. The molecule has 0 aromatic heterocycles. The number of nitrogens with zero attached hydrogens (tertiary/aromatic N) is 2. The molecule has 1 aliphatic rings. The number of alkyl halides is 3. The van der Waals surface area contributed by atoms with Crippen molar-refractivity contribution in [3.8, 4) is 0 Å². The quantitative estimate of drug-likeness (QED) is 0.708. The minimum Gasteiger partial charge on any atom is -0.296 e. The predicted octanol–water partition coefficient (Wildman–Crippen LogP) is 4.71. The molecule has 1 rings (SSSR count). The first-order valence-corrected chi connectivity index (χ1v) is 6.77. The maximum absolute atomic E-state index is 12.3. The number of hydrogen-bond donors (Lipinski definition) is 0. The van der Waals surface area contributed by atoms with Gasteiger partial charge in [-0.05, 0) is 6.42 Å². The van der Waals surface area contributed by atoms with Crippen LogP contribution < -0.4 is 0 Å². The van der Waals surface area contributed by atoms with Crippen molar-refractivity contribution >= 4 is 5.71 Å². The topological polar surface area (TPSA) is 15.6 Å². The van der Waals surface area contributed by atoms with Gasteiger partial charge in [0.25, 0.3) is 0 Å². The minimum atomic E-state index is -4.26. The Labute approximate surface area is 109 Å². The molecule has 1 atom stereocenters. The van der Waals surface area contributed by atoms with Crippen LogP contribution in [0.3, 0.4) is 0 Å². The fourth-order valence-corrected chi connectivity index (χ4v) is 1.43. The van der Waals surface area contributed by atoms with Crippen LogP contribution in [0, 0.1) is 5.92 Å². The number of hydrazone groups is 1. The van der Waals surface area contributed by atoms with Gasteiger partial charge >= 0.3 is 6.18 Å².